The monoisotopic (exact) mass is 312 g/mol. The van der Waals surface area contributed by atoms with Gasteiger partial charge in [0.25, 0.3) is 0 Å². The molecule has 1 saturated heterocycles. The van der Waals surface area contributed by atoms with Crippen LogP contribution >= 0.6 is 0 Å². The molecule has 3 rings (SSSR count). The van der Waals surface area contributed by atoms with Crippen molar-refractivity contribution >= 4 is 11.6 Å². The van der Waals surface area contributed by atoms with Gasteiger partial charge in [-0.3, -0.25) is 4.79 Å². The van der Waals surface area contributed by atoms with Gasteiger partial charge in [-0.05, 0) is 38.3 Å². The lowest BCUT2D eigenvalue weighted by Gasteiger charge is -2.22. The molecule has 5 heteroatoms. The predicted octanol–water partition coefficient (Wildman–Crippen LogP) is 2.24. The molecule has 1 amide bonds. The van der Waals surface area contributed by atoms with Crippen molar-refractivity contribution in [1.82, 2.24) is 14.9 Å². The summed E-state index contributed by atoms with van der Waals surface area (Å²) in [6.45, 7) is 7.69. The van der Waals surface area contributed by atoms with Gasteiger partial charge in [-0.25, -0.2) is 4.98 Å². The Bertz CT molecular complexity index is 711. The van der Waals surface area contributed by atoms with Crippen LogP contribution in [0.15, 0.2) is 24.7 Å². The first-order valence-corrected chi connectivity index (χ1v) is 8.05. The van der Waals surface area contributed by atoms with E-state index >= 15 is 0 Å². The van der Waals surface area contributed by atoms with Crippen LogP contribution in [0, 0.1) is 20.8 Å². The van der Waals surface area contributed by atoms with E-state index in [1.807, 2.05) is 22.7 Å². The molecule has 2 aromatic rings. The highest BCUT2D eigenvalue weighted by Gasteiger charge is 2.33. The van der Waals surface area contributed by atoms with E-state index in [4.69, 9.17) is 0 Å². The van der Waals surface area contributed by atoms with Gasteiger partial charge in [0.15, 0.2) is 0 Å². The molecule has 0 aliphatic carbocycles. The van der Waals surface area contributed by atoms with Crippen molar-refractivity contribution in [3.63, 3.8) is 0 Å². The first-order chi connectivity index (χ1) is 11.0. The van der Waals surface area contributed by atoms with Crippen LogP contribution in [-0.4, -0.2) is 28.0 Å². The van der Waals surface area contributed by atoms with Crippen molar-refractivity contribution in [1.29, 1.82) is 0 Å². The number of amides is 1. The number of aryl methyl sites for hydroxylation is 4. The number of nitrogens with one attached hydrogen (secondary N) is 1. The number of rotatable bonds is 4. The number of nitrogens with zero attached hydrogens (tertiary/aromatic N) is 3. The van der Waals surface area contributed by atoms with Crippen molar-refractivity contribution in [2.45, 2.75) is 39.8 Å². The van der Waals surface area contributed by atoms with E-state index in [0.29, 0.717) is 6.54 Å². The largest absolute Gasteiger partial charge is 0.337 e. The third-order valence-electron chi connectivity index (χ3n) is 4.56. The summed E-state index contributed by atoms with van der Waals surface area (Å²) in [6, 6.07) is 4.17. The van der Waals surface area contributed by atoms with Gasteiger partial charge in [-0.15, -0.1) is 0 Å². The quantitative estimate of drug-likeness (QED) is 0.942. The summed E-state index contributed by atoms with van der Waals surface area (Å²) in [5.41, 5.74) is 5.73. The maximum Gasteiger partial charge on any atom is 0.244 e. The fourth-order valence-electron chi connectivity index (χ4n) is 3.47. The second kappa shape index (κ2) is 6.16. The lowest BCUT2D eigenvalue weighted by atomic mass is 10.0. The number of carbonyl (C=O) groups is 1. The Morgan fingerprint density at radius 1 is 1.26 bits per heavy atom. The Hall–Kier alpha value is -2.14. The van der Waals surface area contributed by atoms with Crippen molar-refractivity contribution in [3.05, 3.63) is 47.0 Å². The second-order valence-electron chi connectivity index (χ2n) is 6.46. The number of hydrogen-bond donors (Lipinski definition) is 1. The van der Waals surface area contributed by atoms with Gasteiger partial charge in [-0.2, -0.15) is 0 Å². The highest BCUT2D eigenvalue weighted by Crippen LogP contribution is 2.30. The molecule has 0 spiro atoms. The van der Waals surface area contributed by atoms with Crippen LogP contribution in [-0.2, 0) is 18.4 Å². The van der Waals surface area contributed by atoms with Crippen LogP contribution in [0.25, 0.3) is 0 Å². The van der Waals surface area contributed by atoms with Crippen LogP contribution in [0.3, 0.4) is 0 Å². The number of aromatic nitrogens is 2. The van der Waals surface area contributed by atoms with Crippen molar-refractivity contribution in [2.24, 2.45) is 7.05 Å². The fraction of sp³-hybridized carbons (Fsp3) is 0.444. The summed E-state index contributed by atoms with van der Waals surface area (Å²) >= 11 is 0. The molecule has 1 aliphatic rings. The zero-order chi connectivity index (χ0) is 16.6. The van der Waals surface area contributed by atoms with Gasteiger partial charge < -0.3 is 14.8 Å². The van der Waals surface area contributed by atoms with Crippen molar-refractivity contribution < 1.29 is 4.79 Å². The minimum Gasteiger partial charge on any atom is -0.337 e. The maximum atomic E-state index is 12.8. The average molecular weight is 312 g/mol. The van der Waals surface area contributed by atoms with Crippen molar-refractivity contribution in [2.75, 3.05) is 11.4 Å². The van der Waals surface area contributed by atoms with Gasteiger partial charge in [-0.1, -0.05) is 17.7 Å². The molecule has 23 heavy (non-hydrogen) atoms. The van der Waals surface area contributed by atoms with E-state index in [2.05, 4.69) is 43.2 Å². The van der Waals surface area contributed by atoms with Crippen molar-refractivity contribution in [3.8, 4) is 0 Å². The molecule has 1 fully saturated rings. The lowest BCUT2D eigenvalue weighted by molar-refractivity contribution is -0.118. The standard InChI is InChI=1S/C18H24N4O/c1-12-7-13(2)17(14(3)8-12)22-6-5-16(18(22)23)20-10-15-9-19-11-21(15)4/h7-9,11,16,20H,5-6,10H2,1-4H3/t16-/m0/s1. The Balaban J connectivity index is 1.73. The molecule has 1 N–H and O–H groups in total. The maximum absolute atomic E-state index is 12.8. The Labute approximate surface area is 137 Å². The molecule has 122 valence electrons. The van der Waals surface area contributed by atoms with E-state index in [0.717, 1.165) is 24.3 Å². The molecule has 5 nitrogen and oxygen atoms in total. The number of anilines is 1. The SMILES string of the molecule is Cc1cc(C)c(N2CC[C@H](NCc3cncn3C)C2=O)c(C)c1. The molecule has 1 aromatic heterocycles. The molecule has 0 saturated carbocycles. The number of carbonyl (C=O) groups excluding carboxylic acids is 1. The van der Waals surface area contributed by atoms with E-state index in [-0.39, 0.29) is 11.9 Å². The molecule has 0 radical (unpaired) electrons. The first kappa shape index (κ1) is 15.7. The van der Waals surface area contributed by atoms with Gasteiger partial charge >= 0.3 is 0 Å². The predicted molar refractivity (Wildman–Crippen MR) is 91.5 cm³/mol. The molecular formula is C18H24N4O. The Kier molecular flexibility index (Phi) is 4.22. The molecule has 2 heterocycles. The summed E-state index contributed by atoms with van der Waals surface area (Å²) in [4.78, 5) is 18.8. The molecule has 1 aliphatic heterocycles. The minimum atomic E-state index is -0.120. The topological polar surface area (TPSA) is 50.2 Å². The zero-order valence-corrected chi connectivity index (χ0v) is 14.3. The average Bonchev–Trinajstić information content (AvgIpc) is 3.03. The summed E-state index contributed by atoms with van der Waals surface area (Å²) < 4.78 is 1.97. The Morgan fingerprint density at radius 2 is 1.96 bits per heavy atom. The van der Waals surface area contributed by atoms with E-state index in [1.165, 1.54) is 16.7 Å². The van der Waals surface area contributed by atoms with Crippen LogP contribution in [0.1, 0.15) is 28.8 Å². The van der Waals surface area contributed by atoms with Crippen LogP contribution in [0.2, 0.25) is 0 Å². The van der Waals surface area contributed by atoms with Gasteiger partial charge in [0, 0.05) is 32.0 Å². The van der Waals surface area contributed by atoms with E-state index in [9.17, 15) is 4.79 Å². The van der Waals surface area contributed by atoms with Crippen LogP contribution in [0.4, 0.5) is 5.69 Å². The van der Waals surface area contributed by atoms with E-state index in [1.54, 1.807) is 6.33 Å². The molecule has 1 atom stereocenters. The molecule has 1 aromatic carbocycles. The second-order valence-corrected chi connectivity index (χ2v) is 6.46. The highest BCUT2D eigenvalue weighted by molar-refractivity contribution is 6.00. The number of imidazole rings is 1. The van der Waals surface area contributed by atoms with Gasteiger partial charge in [0.05, 0.1) is 18.1 Å². The number of benzene rings is 1. The van der Waals surface area contributed by atoms with Gasteiger partial charge in [0.2, 0.25) is 5.91 Å². The Morgan fingerprint density at radius 3 is 2.57 bits per heavy atom. The summed E-state index contributed by atoms with van der Waals surface area (Å²) in [5, 5.41) is 3.37. The minimum absolute atomic E-state index is 0.120. The first-order valence-electron chi connectivity index (χ1n) is 8.05. The molecular weight excluding hydrogens is 288 g/mol. The summed E-state index contributed by atoms with van der Waals surface area (Å²) in [7, 11) is 1.96. The lowest BCUT2D eigenvalue weighted by Crippen LogP contribution is -2.38. The zero-order valence-electron chi connectivity index (χ0n) is 14.3. The number of hydrogen-bond acceptors (Lipinski definition) is 3. The fourth-order valence-corrected chi connectivity index (χ4v) is 3.47. The van der Waals surface area contributed by atoms with Crippen LogP contribution in [0.5, 0.6) is 0 Å². The van der Waals surface area contributed by atoms with Gasteiger partial charge in [0.1, 0.15) is 0 Å². The van der Waals surface area contributed by atoms with Crippen LogP contribution < -0.4 is 10.2 Å². The smallest absolute Gasteiger partial charge is 0.244 e. The summed E-state index contributed by atoms with van der Waals surface area (Å²) in [6.07, 6.45) is 4.45. The summed E-state index contributed by atoms with van der Waals surface area (Å²) in [5.74, 6) is 0.169. The third kappa shape index (κ3) is 3.01. The molecule has 0 bridgehead atoms. The van der Waals surface area contributed by atoms with E-state index < -0.39 is 0 Å². The highest BCUT2D eigenvalue weighted by atomic mass is 16.2. The molecule has 0 unspecified atom stereocenters. The normalized spacial score (nSPS) is 18.0. The third-order valence-corrected chi connectivity index (χ3v) is 4.56.